The Morgan fingerprint density at radius 1 is 1.13 bits per heavy atom. The molecule has 0 saturated heterocycles. The van der Waals surface area contributed by atoms with Crippen LogP contribution in [0.25, 0.3) is 0 Å². The molecule has 0 aromatic carbocycles. The summed E-state index contributed by atoms with van der Waals surface area (Å²) >= 11 is 0. The van der Waals surface area contributed by atoms with Gasteiger partial charge in [0.1, 0.15) is 12.1 Å². The maximum Gasteiger partial charge on any atom is 0.328 e. The van der Waals surface area contributed by atoms with E-state index in [9.17, 15) is 4.79 Å². The summed E-state index contributed by atoms with van der Waals surface area (Å²) in [6.45, 7) is 18.8. The van der Waals surface area contributed by atoms with E-state index in [-0.39, 0.29) is 12.5 Å². The number of carbonyl (C=O) groups excluding carboxylic acids is 1. The summed E-state index contributed by atoms with van der Waals surface area (Å²) < 4.78 is 5.26. The topological polar surface area (TPSA) is 66.0 Å². The van der Waals surface area contributed by atoms with Gasteiger partial charge >= 0.3 is 5.97 Å². The van der Waals surface area contributed by atoms with Gasteiger partial charge in [-0.1, -0.05) is 0 Å². The highest BCUT2D eigenvalue weighted by molar-refractivity contribution is 5.83. The first-order chi connectivity index (χ1) is 10.6. The molecule has 0 aliphatic heterocycles. The van der Waals surface area contributed by atoms with Gasteiger partial charge in [-0.3, -0.25) is 9.69 Å². The number of nitrogens with zero attached hydrogens (tertiary/aromatic N) is 2. The Bertz CT molecular complexity index is 365. The molecule has 0 fully saturated rings. The number of aliphatic imine (C=N–C) groups is 1. The highest BCUT2D eigenvalue weighted by Gasteiger charge is 2.16. The van der Waals surface area contributed by atoms with Crippen LogP contribution in [0.15, 0.2) is 4.99 Å². The van der Waals surface area contributed by atoms with Crippen LogP contribution >= 0.6 is 0 Å². The molecule has 0 bridgehead atoms. The minimum atomic E-state index is -0.479. The lowest BCUT2D eigenvalue weighted by Gasteiger charge is -2.30. The Morgan fingerprint density at radius 2 is 1.70 bits per heavy atom. The maximum atomic E-state index is 11.7. The average molecular weight is 329 g/mol. The second-order valence-electron chi connectivity index (χ2n) is 7.13. The van der Waals surface area contributed by atoms with E-state index < -0.39 is 5.60 Å². The molecule has 0 spiro atoms. The summed E-state index contributed by atoms with van der Waals surface area (Å²) in [7, 11) is 0. The summed E-state index contributed by atoms with van der Waals surface area (Å²) in [5, 5.41) is 6.41. The first kappa shape index (κ1) is 21.7. The van der Waals surface area contributed by atoms with Crippen LogP contribution in [-0.2, 0) is 9.53 Å². The summed E-state index contributed by atoms with van der Waals surface area (Å²) in [5.41, 5.74) is -0.479. The number of ether oxygens (including phenoxy) is 1. The molecule has 0 atom stereocenters. The van der Waals surface area contributed by atoms with E-state index in [2.05, 4.69) is 48.2 Å². The van der Waals surface area contributed by atoms with Gasteiger partial charge < -0.3 is 15.4 Å². The fourth-order valence-corrected chi connectivity index (χ4v) is 2.28. The molecule has 6 nitrogen and oxygen atoms in total. The summed E-state index contributed by atoms with van der Waals surface area (Å²) in [5.74, 6) is 0.325. The normalized spacial score (nSPS) is 12.9. The van der Waals surface area contributed by atoms with Crippen LogP contribution in [-0.4, -0.2) is 60.7 Å². The number of hydrogen-bond donors (Lipinski definition) is 2. The van der Waals surface area contributed by atoms with E-state index >= 15 is 0 Å². The quantitative estimate of drug-likeness (QED) is 0.405. The Balaban J connectivity index is 4.45. The third-order valence-electron chi connectivity index (χ3n) is 3.12. The molecule has 0 aliphatic rings. The first-order valence-corrected chi connectivity index (χ1v) is 8.56. The van der Waals surface area contributed by atoms with Gasteiger partial charge in [-0.25, -0.2) is 4.99 Å². The summed E-state index contributed by atoms with van der Waals surface area (Å²) in [6, 6.07) is 0.996. The lowest BCUT2D eigenvalue weighted by Crippen LogP contribution is -2.45. The van der Waals surface area contributed by atoms with Crippen molar-refractivity contribution in [3.63, 3.8) is 0 Å². The zero-order valence-corrected chi connectivity index (χ0v) is 16.2. The van der Waals surface area contributed by atoms with E-state index in [0.717, 1.165) is 19.6 Å². The van der Waals surface area contributed by atoms with Crippen LogP contribution in [0.1, 0.15) is 55.4 Å². The van der Waals surface area contributed by atoms with Gasteiger partial charge in [0.05, 0.1) is 0 Å². The SMILES string of the molecule is CCNC(=NCC(=O)OC(C)(C)C)NCCN(C(C)C)C(C)C. The first-order valence-electron chi connectivity index (χ1n) is 8.56. The average Bonchev–Trinajstić information content (AvgIpc) is 2.37. The second kappa shape index (κ2) is 10.5. The maximum absolute atomic E-state index is 11.7. The molecule has 0 unspecified atom stereocenters. The molecule has 0 aromatic heterocycles. The molecule has 2 N–H and O–H groups in total. The number of nitrogens with one attached hydrogen (secondary N) is 2. The van der Waals surface area contributed by atoms with Crippen LogP contribution in [0.2, 0.25) is 0 Å². The van der Waals surface area contributed by atoms with Crippen molar-refractivity contribution in [2.24, 2.45) is 4.99 Å². The molecule has 0 heterocycles. The van der Waals surface area contributed by atoms with Gasteiger partial charge in [-0.05, 0) is 55.4 Å². The van der Waals surface area contributed by atoms with Gasteiger partial charge in [0.25, 0.3) is 0 Å². The number of rotatable bonds is 8. The molecule has 0 aromatic rings. The van der Waals surface area contributed by atoms with Crippen molar-refractivity contribution >= 4 is 11.9 Å². The second-order valence-corrected chi connectivity index (χ2v) is 7.13. The Morgan fingerprint density at radius 3 is 2.13 bits per heavy atom. The van der Waals surface area contributed by atoms with Crippen molar-refractivity contribution in [3.8, 4) is 0 Å². The fraction of sp³-hybridized carbons (Fsp3) is 0.882. The molecule has 23 heavy (non-hydrogen) atoms. The predicted molar refractivity (Wildman–Crippen MR) is 96.8 cm³/mol. The Hall–Kier alpha value is -1.30. The number of hydrogen-bond acceptors (Lipinski definition) is 4. The smallest absolute Gasteiger partial charge is 0.328 e. The fourth-order valence-electron chi connectivity index (χ4n) is 2.28. The van der Waals surface area contributed by atoms with Gasteiger partial charge in [-0.15, -0.1) is 0 Å². The van der Waals surface area contributed by atoms with Crippen LogP contribution in [0, 0.1) is 0 Å². The third-order valence-corrected chi connectivity index (χ3v) is 3.12. The van der Waals surface area contributed by atoms with Crippen molar-refractivity contribution in [1.29, 1.82) is 0 Å². The predicted octanol–water partition coefficient (Wildman–Crippen LogP) is 2.00. The van der Waals surface area contributed by atoms with E-state index in [0.29, 0.717) is 18.0 Å². The van der Waals surface area contributed by atoms with Crippen molar-refractivity contribution < 1.29 is 9.53 Å². The molecule has 0 saturated carbocycles. The van der Waals surface area contributed by atoms with Crippen LogP contribution in [0.4, 0.5) is 0 Å². The zero-order chi connectivity index (χ0) is 18.0. The number of esters is 1. The van der Waals surface area contributed by atoms with Gasteiger partial charge in [0.15, 0.2) is 5.96 Å². The number of guanidine groups is 1. The van der Waals surface area contributed by atoms with Gasteiger partial charge in [0.2, 0.25) is 0 Å². The van der Waals surface area contributed by atoms with E-state index in [1.807, 2.05) is 27.7 Å². The monoisotopic (exact) mass is 328 g/mol. The largest absolute Gasteiger partial charge is 0.459 e. The molecule has 0 amide bonds. The molecule has 0 rings (SSSR count). The van der Waals surface area contributed by atoms with Crippen LogP contribution in [0.3, 0.4) is 0 Å². The third kappa shape index (κ3) is 11.0. The van der Waals surface area contributed by atoms with Crippen molar-refractivity contribution in [3.05, 3.63) is 0 Å². The van der Waals surface area contributed by atoms with E-state index in [1.54, 1.807) is 0 Å². The zero-order valence-electron chi connectivity index (χ0n) is 16.2. The molecule has 0 aliphatic carbocycles. The van der Waals surface area contributed by atoms with Crippen LogP contribution < -0.4 is 10.6 Å². The highest BCUT2D eigenvalue weighted by Crippen LogP contribution is 2.06. The minimum absolute atomic E-state index is 0.0185. The van der Waals surface area contributed by atoms with Crippen molar-refractivity contribution in [2.45, 2.75) is 73.1 Å². The Kier molecular flexibility index (Phi) is 9.88. The lowest BCUT2D eigenvalue weighted by atomic mass is 10.2. The highest BCUT2D eigenvalue weighted by atomic mass is 16.6. The molecule has 136 valence electrons. The molecular formula is C17H36N4O2. The minimum Gasteiger partial charge on any atom is -0.459 e. The summed E-state index contributed by atoms with van der Waals surface area (Å²) in [6.07, 6.45) is 0. The van der Waals surface area contributed by atoms with Crippen LogP contribution in [0.5, 0.6) is 0 Å². The number of carbonyl (C=O) groups is 1. The standard InChI is InChI=1S/C17H36N4O2/c1-9-18-16(20-12-15(22)23-17(6,7)8)19-10-11-21(13(2)3)14(4)5/h13-14H,9-12H2,1-8H3,(H2,18,19,20). The molecular weight excluding hydrogens is 292 g/mol. The van der Waals surface area contributed by atoms with E-state index in [4.69, 9.17) is 4.74 Å². The van der Waals surface area contributed by atoms with Crippen molar-refractivity contribution in [1.82, 2.24) is 15.5 Å². The Labute approximate surface area is 142 Å². The summed E-state index contributed by atoms with van der Waals surface area (Å²) in [4.78, 5) is 18.4. The van der Waals surface area contributed by atoms with E-state index in [1.165, 1.54) is 0 Å². The molecule has 0 radical (unpaired) electrons. The van der Waals surface area contributed by atoms with Gasteiger partial charge in [0, 0.05) is 31.7 Å². The molecule has 6 heteroatoms. The lowest BCUT2D eigenvalue weighted by molar-refractivity contribution is -0.152. The van der Waals surface area contributed by atoms with Crippen molar-refractivity contribution in [2.75, 3.05) is 26.2 Å². The van der Waals surface area contributed by atoms with Gasteiger partial charge in [-0.2, -0.15) is 0 Å².